The molecule has 0 radical (unpaired) electrons. The van der Waals surface area contributed by atoms with Gasteiger partial charge in [-0.2, -0.15) is 0 Å². The van der Waals surface area contributed by atoms with Gasteiger partial charge in [-0.1, -0.05) is 187 Å². The molecule has 6 atom stereocenters. The van der Waals surface area contributed by atoms with Gasteiger partial charge >= 0.3 is 11.9 Å². The molecule has 10 heteroatoms. The van der Waals surface area contributed by atoms with Crippen molar-refractivity contribution >= 4 is 11.9 Å². The van der Waals surface area contributed by atoms with E-state index in [0.717, 1.165) is 38.5 Å². The first-order valence-corrected chi connectivity index (χ1v) is 22.6. The average molecular weight is 773 g/mol. The highest BCUT2D eigenvalue weighted by atomic mass is 16.7. The fraction of sp³-hybridized carbons (Fsp3) is 0.955. The molecule has 1 fully saturated rings. The van der Waals surface area contributed by atoms with Gasteiger partial charge in [-0.05, 0) is 12.8 Å². The summed E-state index contributed by atoms with van der Waals surface area (Å²) in [6.07, 6.45) is 28.3. The molecule has 10 nitrogen and oxygen atoms in total. The summed E-state index contributed by atoms with van der Waals surface area (Å²) in [5.41, 5.74) is 0. The lowest BCUT2D eigenvalue weighted by atomic mass is 9.99. The molecule has 0 aliphatic carbocycles. The van der Waals surface area contributed by atoms with Crippen molar-refractivity contribution in [2.45, 2.75) is 250 Å². The Kier molecular flexibility index (Phi) is 33.9. The van der Waals surface area contributed by atoms with Gasteiger partial charge in [0.2, 0.25) is 0 Å². The summed E-state index contributed by atoms with van der Waals surface area (Å²) in [6, 6.07) is 0. The van der Waals surface area contributed by atoms with Gasteiger partial charge in [0.05, 0.1) is 13.2 Å². The Morgan fingerprint density at radius 2 is 0.870 bits per heavy atom. The first kappa shape index (κ1) is 50.7. The van der Waals surface area contributed by atoms with Gasteiger partial charge in [0.15, 0.2) is 12.4 Å². The normalized spacial score (nSPS) is 20.6. The maximum atomic E-state index is 12.7. The highest BCUT2D eigenvalue weighted by Gasteiger charge is 2.44. The van der Waals surface area contributed by atoms with Crippen LogP contribution in [-0.4, -0.2) is 89.0 Å². The zero-order chi connectivity index (χ0) is 39.5. The van der Waals surface area contributed by atoms with Crippen molar-refractivity contribution in [3.05, 3.63) is 0 Å². The van der Waals surface area contributed by atoms with E-state index in [4.69, 9.17) is 18.9 Å². The van der Waals surface area contributed by atoms with E-state index in [1.165, 1.54) is 141 Å². The van der Waals surface area contributed by atoms with E-state index in [1.54, 1.807) is 0 Å². The molecule has 320 valence electrons. The highest BCUT2D eigenvalue weighted by Crippen LogP contribution is 2.23. The SMILES string of the molecule is CCCCCCCCCCCCCCCCCCCCC(=O)OC[C@@H](CO[C@H]1O[C@@H](CO)[C@@H](O)C(O)C1O)OC(=O)CCCCCCCCCCCCC. The third kappa shape index (κ3) is 27.3. The molecule has 1 aliphatic heterocycles. The van der Waals surface area contributed by atoms with Crippen LogP contribution in [0.25, 0.3) is 0 Å². The van der Waals surface area contributed by atoms with Gasteiger partial charge in [0.1, 0.15) is 31.0 Å². The van der Waals surface area contributed by atoms with Crippen LogP contribution >= 0.6 is 0 Å². The lowest BCUT2D eigenvalue weighted by Crippen LogP contribution is -2.59. The highest BCUT2D eigenvalue weighted by molar-refractivity contribution is 5.70. The molecule has 54 heavy (non-hydrogen) atoms. The summed E-state index contributed by atoms with van der Waals surface area (Å²) in [5, 5.41) is 40.0. The maximum absolute atomic E-state index is 12.7. The minimum absolute atomic E-state index is 0.209. The largest absolute Gasteiger partial charge is 0.462 e. The molecular weight excluding hydrogens is 688 g/mol. The van der Waals surface area contributed by atoms with Crippen molar-refractivity contribution in [2.75, 3.05) is 19.8 Å². The van der Waals surface area contributed by atoms with Crippen molar-refractivity contribution in [1.29, 1.82) is 0 Å². The number of ether oxygens (including phenoxy) is 4. The first-order valence-electron chi connectivity index (χ1n) is 22.6. The zero-order valence-electron chi connectivity index (χ0n) is 34.7. The summed E-state index contributed by atoms with van der Waals surface area (Å²) in [5.74, 6) is -0.793. The van der Waals surface area contributed by atoms with E-state index in [1.807, 2.05) is 0 Å². The Morgan fingerprint density at radius 1 is 0.500 bits per heavy atom. The molecule has 0 aromatic heterocycles. The fourth-order valence-electron chi connectivity index (χ4n) is 7.13. The summed E-state index contributed by atoms with van der Waals surface area (Å²) in [6.45, 7) is 3.44. The van der Waals surface area contributed by atoms with Crippen LogP contribution in [0, 0.1) is 0 Å². The van der Waals surface area contributed by atoms with Crippen molar-refractivity contribution in [1.82, 2.24) is 0 Å². The maximum Gasteiger partial charge on any atom is 0.306 e. The predicted molar refractivity (Wildman–Crippen MR) is 215 cm³/mol. The molecule has 0 amide bonds. The van der Waals surface area contributed by atoms with E-state index in [9.17, 15) is 30.0 Å². The van der Waals surface area contributed by atoms with Crippen LogP contribution in [0.15, 0.2) is 0 Å². The van der Waals surface area contributed by atoms with Crippen LogP contribution < -0.4 is 0 Å². The van der Waals surface area contributed by atoms with Gasteiger partial charge < -0.3 is 39.4 Å². The molecule has 2 unspecified atom stereocenters. The first-order chi connectivity index (χ1) is 26.3. The Balaban J connectivity index is 2.28. The zero-order valence-corrected chi connectivity index (χ0v) is 34.7. The van der Waals surface area contributed by atoms with Gasteiger partial charge in [0.25, 0.3) is 0 Å². The molecule has 1 heterocycles. The fourth-order valence-corrected chi connectivity index (χ4v) is 7.13. The second-order valence-electron chi connectivity index (χ2n) is 15.9. The predicted octanol–water partition coefficient (Wildman–Crippen LogP) is 9.39. The minimum atomic E-state index is -1.59. The number of hydrogen-bond donors (Lipinski definition) is 4. The van der Waals surface area contributed by atoms with Crippen LogP contribution in [0.4, 0.5) is 0 Å². The second-order valence-corrected chi connectivity index (χ2v) is 15.9. The minimum Gasteiger partial charge on any atom is -0.462 e. The average Bonchev–Trinajstić information content (AvgIpc) is 3.17. The third-order valence-electron chi connectivity index (χ3n) is 10.7. The lowest BCUT2D eigenvalue weighted by Gasteiger charge is -2.39. The Morgan fingerprint density at radius 3 is 1.26 bits per heavy atom. The number of esters is 2. The molecule has 0 spiro atoms. The molecule has 4 N–H and O–H groups in total. The van der Waals surface area contributed by atoms with Crippen LogP contribution in [0.3, 0.4) is 0 Å². The van der Waals surface area contributed by atoms with Crippen molar-refractivity contribution in [3.63, 3.8) is 0 Å². The Hall–Kier alpha value is -1.30. The van der Waals surface area contributed by atoms with Crippen LogP contribution in [0.1, 0.15) is 213 Å². The number of unbranched alkanes of at least 4 members (excludes halogenated alkanes) is 27. The smallest absolute Gasteiger partial charge is 0.306 e. The van der Waals surface area contributed by atoms with Crippen molar-refractivity contribution in [3.8, 4) is 0 Å². The molecular formula is C44H84O10. The van der Waals surface area contributed by atoms with E-state index in [0.29, 0.717) is 6.42 Å². The number of carbonyl (C=O) groups excluding carboxylic acids is 2. The molecule has 0 saturated carbocycles. The van der Waals surface area contributed by atoms with E-state index >= 15 is 0 Å². The van der Waals surface area contributed by atoms with Crippen molar-refractivity contribution in [2.24, 2.45) is 0 Å². The quantitative estimate of drug-likeness (QED) is 0.0353. The molecule has 1 rings (SSSR count). The number of hydrogen-bond acceptors (Lipinski definition) is 10. The molecule has 0 bridgehead atoms. The summed E-state index contributed by atoms with van der Waals surface area (Å²) < 4.78 is 22.1. The number of rotatable bonds is 38. The van der Waals surface area contributed by atoms with Gasteiger partial charge in [-0.3, -0.25) is 9.59 Å². The van der Waals surface area contributed by atoms with E-state index in [2.05, 4.69) is 13.8 Å². The molecule has 1 aliphatic rings. The van der Waals surface area contributed by atoms with Crippen LogP contribution in [0.2, 0.25) is 0 Å². The van der Waals surface area contributed by atoms with Crippen molar-refractivity contribution < 1.29 is 49.0 Å². The van der Waals surface area contributed by atoms with Gasteiger partial charge in [-0.15, -0.1) is 0 Å². The summed E-state index contributed by atoms with van der Waals surface area (Å²) in [7, 11) is 0. The van der Waals surface area contributed by atoms with E-state index in [-0.39, 0.29) is 32.0 Å². The summed E-state index contributed by atoms with van der Waals surface area (Å²) >= 11 is 0. The van der Waals surface area contributed by atoms with Gasteiger partial charge in [-0.25, -0.2) is 0 Å². The number of aliphatic hydroxyl groups excluding tert-OH is 4. The van der Waals surface area contributed by atoms with Crippen LogP contribution in [-0.2, 0) is 28.5 Å². The summed E-state index contributed by atoms with van der Waals surface area (Å²) in [4.78, 5) is 25.3. The number of aliphatic hydroxyl groups is 4. The Labute approximate surface area is 329 Å². The molecule has 1 saturated heterocycles. The van der Waals surface area contributed by atoms with Gasteiger partial charge in [0, 0.05) is 12.8 Å². The topological polar surface area (TPSA) is 152 Å². The van der Waals surface area contributed by atoms with Crippen LogP contribution in [0.5, 0.6) is 0 Å². The Bertz CT molecular complexity index is 855. The molecule has 0 aromatic carbocycles. The second kappa shape index (κ2) is 36.1. The lowest BCUT2D eigenvalue weighted by molar-refractivity contribution is -0.305. The monoisotopic (exact) mass is 773 g/mol. The van der Waals surface area contributed by atoms with E-state index < -0.39 is 49.4 Å². The number of carbonyl (C=O) groups is 2. The standard InChI is InChI=1S/C44H84O10/c1-3-5-7-9-11-13-15-16-17-18-19-20-21-23-24-26-28-30-32-39(46)51-35-37(36-52-44-43(50)42(49)41(48)38(34-45)54-44)53-40(47)33-31-29-27-25-22-14-12-10-8-6-4-2/h37-38,41-45,48-50H,3-36H2,1-2H3/t37-,38-,41+,42?,43?,44-/m0/s1. The molecule has 0 aromatic rings. The third-order valence-corrected chi connectivity index (χ3v) is 10.7.